The van der Waals surface area contributed by atoms with Gasteiger partial charge in [-0.2, -0.15) is 5.10 Å². The Morgan fingerprint density at radius 3 is 2.74 bits per heavy atom. The lowest BCUT2D eigenvalue weighted by Crippen LogP contribution is -2.39. The van der Waals surface area contributed by atoms with Crippen molar-refractivity contribution in [2.75, 3.05) is 18.4 Å². The molecule has 8 nitrogen and oxygen atoms in total. The van der Waals surface area contributed by atoms with Crippen molar-refractivity contribution in [3.63, 3.8) is 0 Å². The van der Waals surface area contributed by atoms with Gasteiger partial charge in [-0.3, -0.25) is 4.68 Å². The summed E-state index contributed by atoms with van der Waals surface area (Å²) in [6.07, 6.45) is 6.30. The number of aromatic amines is 1. The number of hydrogen-bond acceptors (Lipinski definition) is 5. The van der Waals surface area contributed by atoms with Gasteiger partial charge in [0.1, 0.15) is 11.2 Å². The summed E-state index contributed by atoms with van der Waals surface area (Å²) in [4.78, 5) is 22.1. The second kappa shape index (κ2) is 8.94. The van der Waals surface area contributed by atoms with Gasteiger partial charge in [0.2, 0.25) is 0 Å². The predicted molar refractivity (Wildman–Crippen MR) is 138 cm³/mol. The summed E-state index contributed by atoms with van der Waals surface area (Å²) in [6.45, 7) is 6.80. The van der Waals surface area contributed by atoms with Gasteiger partial charge in [-0.1, -0.05) is 18.2 Å². The van der Waals surface area contributed by atoms with E-state index in [2.05, 4.69) is 44.7 Å². The number of benzene rings is 1. The van der Waals surface area contributed by atoms with Crippen LogP contribution in [0.25, 0.3) is 27.9 Å². The zero-order valence-corrected chi connectivity index (χ0v) is 20.5. The molecule has 0 saturated carbocycles. The molecule has 35 heavy (non-hydrogen) atoms. The molecule has 0 radical (unpaired) electrons. The van der Waals surface area contributed by atoms with E-state index in [-0.39, 0.29) is 6.09 Å². The Morgan fingerprint density at radius 1 is 1.17 bits per heavy atom. The van der Waals surface area contributed by atoms with Crippen LogP contribution in [0.5, 0.6) is 0 Å². The molecule has 1 aromatic carbocycles. The zero-order valence-electron chi connectivity index (χ0n) is 20.5. The summed E-state index contributed by atoms with van der Waals surface area (Å²) >= 11 is 0. The SMILES string of the molecule is Cn1ccc(-c2cccc(Nc3ccnc4[nH]c(C5=CCN(C(=O)OC(C)(C)C)CC5)cc34)c2)n1. The van der Waals surface area contributed by atoms with Crippen LogP contribution in [-0.4, -0.2) is 49.4 Å². The monoisotopic (exact) mass is 470 g/mol. The van der Waals surface area contributed by atoms with E-state index >= 15 is 0 Å². The van der Waals surface area contributed by atoms with Gasteiger partial charge in [0, 0.05) is 54.9 Å². The average Bonchev–Trinajstić information content (AvgIpc) is 3.45. The molecule has 3 aromatic heterocycles. The standard InChI is InChI=1S/C27H30N6O2/c1-27(2,3)35-26(34)33-14-9-18(10-15-33)24-17-21-23(8-12-28-25(21)30-24)29-20-7-5-6-19(16-20)22-11-13-32(4)31-22/h5-9,11-13,16-17H,10,14-15H2,1-4H3,(H2,28,29,30). The Labute approximate surface area is 204 Å². The normalized spacial score (nSPS) is 14.2. The van der Waals surface area contributed by atoms with Crippen molar-refractivity contribution in [1.29, 1.82) is 0 Å². The summed E-state index contributed by atoms with van der Waals surface area (Å²) in [5, 5.41) is 9.06. The number of pyridine rings is 1. The van der Waals surface area contributed by atoms with E-state index in [1.165, 1.54) is 5.57 Å². The number of fused-ring (bicyclic) bond motifs is 1. The lowest BCUT2D eigenvalue weighted by Gasteiger charge is -2.29. The minimum Gasteiger partial charge on any atom is -0.444 e. The molecular weight excluding hydrogens is 440 g/mol. The molecule has 4 heterocycles. The highest BCUT2D eigenvalue weighted by atomic mass is 16.6. The zero-order chi connectivity index (χ0) is 24.6. The third-order valence-electron chi connectivity index (χ3n) is 5.89. The maximum atomic E-state index is 12.4. The summed E-state index contributed by atoms with van der Waals surface area (Å²) in [5.41, 5.74) is 6.46. The van der Waals surface area contributed by atoms with Gasteiger partial charge < -0.3 is 19.9 Å². The van der Waals surface area contributed by atoms with Crippen LogP contribution >= 0.6 is 0 Å². The Kier molecular flexibility index (Phi) is 5.80. The number of nitrogens with zero attached hydrogens (tertiary/aromatic N) is 4. The summed E-state index contributed by atoms with van der Waals surface area (Å²) in [5.74, 6) is 0. The van der Waals surface area contributed by atoms with Crippen LogP contribution in [0.15, 0.2) is 60.9 Å². The van der Waals surface area contributed by atoms with Crippen LogP contribution in [0, 0.1) is 0 Å². The first-order chi connectivity index (χ1) is 16.7. The number of nitrogens with one attached hydrogen (secondary N) is 2. The third kappa shape index (κ3) is 5.06. The van der Waals surface area contributed by atoms with Gasteiger partial charge in [-0.25, -0.2) is 9.78 Å². The van der Waals surface area contributed by atoms with Crippen molar-refractivity contribution in [2.24, 2.45) is 7.05 Å². The fourth-order valence-electron chi connectivity index (χ4n) is 4.20. The third-order valence-corrected chi connectivity index (χ3v) is 5.89. The van der Waals surface area contributed by atoms with E-state index in [9.17, 15) is 4.79 Å². The quantitative estimate of drug-likeness (QED) is 0.398. The van der Waals surface area contributed by atoms with E-state index in [0.29, 0.717) is 13.1 Å². The van der Waals surface area contributed by atoms with Crippen molar-refractivity contribution in [3.05, 3.63) is 66.6 Å². The summed E-state index contributed by atoms with van der Waals surface area (Å²) in [7, 11) is 1.92. The molecular formula is C27H30N6O2. The second-order valence-electron chi connectivity index (χ2n) is 9.79. The van der Waals surface area contributed by atoms with Crippen LogP contribution in [0.1, 0.15) is 32.9 Å². The Hall–Kier alpha value is -4.07. The van der Waals surface area contributed by atoms with Crippen molar-refractivity contribution < 1.29 is 9.53 Å². The number of carbonyl (C=O) groups is 1. The van der Waals surface area contributed by atoms with Gasteiger partial charge in [0.05, 0.1) is 11.4 Å². The van der Waals surface area contributed by atoms with Crippen LogP contribution in [0.2, 0.25) is 0 Å². The summed E-state index contributed by atoms with van der Waals surface area (Å²) < 4.78 is 7.30. The maximum absolute atomic E-state index is 12.4. The van der Waals surface area contributed by atoms with Crippen molar-refractivity contribution in [3.8, 4) is 11.3 Å². The molecule has 0 bridgehead atoms. The van der Waals surface area contributed by atoms with Crippen molar-refractivity contribution in [2.45, 2.75) is 32.8 Å². The van der Waals surface area contributed by atoms with E-state index in [4.69, 9.17) is 4.74 Å². The van der Waals surface area contributed by atoms with Crippen LogP contribution in [0.4, 0.5) is 16.2 Å². The highest BCUT2D eigenvalue weighted by Crippen LogP contribution is 2.31. The minimum absolute atomic E-state index is 0.273. The topological polar surface area (TPSA) is 88.1 Å². The molecule has 4 aromatic rings. The largest absolute Gasteiger partial charge is 0.444 e. The second-order valence-corrected chi connectivity index (χ2v) is 9.79. The highest BCUT2D eigenvalue weighted by molar-refractivity contribution is 5.94. The molecule has 0 atom stereocenters. The molecule has 0 aliphatic carbocycles. The number of ether oxygens (including phenoxy) is 1. The first kappa shape index (κ1) is 22.7. The van der Waals surface area contributed by atoms with E-state index in [1.807, 2.05) is 58.3 Å². The summed E-state index contributed by atoms with van der Waals surface area (Å²) in [6, 6.07) is 14.3. The molecule has 1 amide bonds. The van der Waals surface area contributed by atoms with Gasteiger partial charge in [-0.15, -0.1) is 0 Å². The maximum Gasteiger partial charge on any atom is 0.410 e. The molecule has 1 aliphatic rings. The number of aryl methyl sites for hydroxylation is 1. The molecule has 0 unspecified atom stereocenters. The Balaban J connectivity index is 1.36. The average molecular weight is 471 g/mol. The number of rotatable bonds is 4. The van der Waals surface area contributed by atoms with Crippen molar-refractivity contribution in [1.82, 2.24) is 24.6 Å². The number of carbonyl (C=O) groups excluding carboxylic acids is 1. The van der Waals surface area contributed by atoms with Crippen molar-refractivity contribution >= 4 is 34.1 Å². The van der Waals surface area contributed by atoms with Gasteiger partial charge in [0.25, 0.3) is 0 Å². The molecule has 1 aliphatic heterocycles. The Morgan fingerprint density at radius 2 is 2.03 bits per heavy atom. The molecule has 0 saturated heterocycles. The van der Waals surface area contributed by atoms with Crippen LogP contribution in [-0.2, 0) is 11.8 Å². The predicted octanol–water partition coefficient (Wildman–Crippen LogP) is 5.73. The smallest absolute Gasteiger partial charge is 0.410 e. The molecule has 8 heteroatoms. The number of amides is 1. The highest BCUT2D eigenvalue weighted by Gasteiger charge is 2.24. The van der Waals surface area contributed by atoms with E-state index in [1.54, 1.807) is 15.8 Å². The number of anilines is 2. The first-order valence-corrected chi connectivity index (χ1v) is 11.8. The van der Waals surface area contributed by atoms with Gasteiger partial charge in [0.15, 0.2) is 0 Å². The lowest BCUT2D eigenvalue weighted by molar-refractivity contribution is 0.0270. The molecule has 0 fully saturated rings. The van der Waals surface area contributed by atoms with E-state index < -0.39 is 5.60 Å². The number of aromatic nitrogens is 4. The Bertz CT molecular complexity index is 1410. The molecule has 5 rings (SSSR count). The molecule has 180 valence electrons. The number of H-pyrrole nitrogens is 1. The van der Waals surface area contributed by atoms with Crippen LogP contribution in [0.3, 0.4) is 0 Å². The minimum atomic E-state index is -0.496. The van der Waals surface area contributed by atoms with Gasteiger partial charge in [-0.05, 0) is 63.1 Å². The van der Waals surface area contributed by atoms with Gasteiger partial charge >= 0.3 is 6.09 Å². The number of hydrogen-bond donors (Lipinski definition) is 2. The van der Waals surface area contributed by atoms with E-state index in [0.717, 1.165) is 45.8 Å². The van der Waals surface area contributed by atoms with Crippen LogP contribution < -0.4 is 5.32 Å². The lowest BCUT2D eigenvalue weighted by atomic mass is 10.0. The molecule has 2 N–H and O–H groups in total. The fraction of sp³-hybridized carbons (Fsp3) is 0.296. The first-order valence-electron chi connectivity index (χ1n) is 11.8. The fourth-order valence-corrected chi connectivity index (χ4v) is 4.20. The molecule has 0 spiro atoms.